The summed E-state index contributed by atoms with van der Waals surface area (Å²) < 4.78 is 5.57. The molecule has 0 amide bonds. The number of hydrogen-bond donors (Lipinski definition) is 1. The molecule has 1 aromatic carbocycles. The normalized spacial score (nSPS) is 11.4. The van der Waals surface area contributed by atoms with Crippen LogP contribution >= 0.6 is 0 Å². The number of carbonyl (C=O) groups is 1. The Hall–Kier alpha value is -2.33. The van der Waals surface area contributed by atoms with Crippen LogP contribution in [-0.4, -0.2) is 23.0 Å². The van der Waals surface area contributed by atoms with Gasteiger partial charge in [-0.05, 0) is 43.3 Å². The van der Waals surface area contributed by atoms with E-state index in [0.29, 0.717) is 6.54 Å². The number of carboxylic acid groups (broad SMARTS) is 1. The van der Waals surface area contributed by atoms with Gasteiger partial charge in [-0.2, -0.15) is 0 Å². The number of hydrogen-bond acceptors (Lipinski definition) is 3. The zero-order valence-corrected chi connectivity index (χ0v) is 12.2. The van der Waals surface area contributed by atoms with Crippen molar-refractivity contribution in [3.8, 4) is 0 Å². The molecule has 2 rings (SSSR count). The number of carboxylic acids is 1. The largest absolute Gasteiger partial charge is 0.478 e. The van der Waals surface area contributed by atoms with E-state index in [0.717, 1.165) is 35.3 Å². The third-order valence-electron chi connectivity index (χ3n) is 3.12. The fraction of sp³-hybridized carbons (Fsp3) is 0.235. The maximum absolute atomic E-state index is 10.6. The van der Waals surface area contributed by atoms with Crippen LogP contribution in [0.5, 0.6) is 0 Å². The Morgan fingerprint density at radius 2 is 2.00 bits per heavy atom. The molecule has 0 atom stereocenters. The molecular formula is C17H19NO3. The molecule has 0 aliphatic rings. The van der Waals surface area contributed by atoms with Crippen LogP contribution < -0.4 is 0 Å². The van der Waals surface area contributed by atoms with Crippen LogP contribution in [0.3, 0.4) is 0 Å². The number of rotatable bonds is 6. The molecule has 0 radical (unpaired) electrons. The van der Waals surface area contributed by atoms with Gasteiger partial charge in [0.15, 0.2) is 0 Å². The van der Waals surface area contributed by atoms with E-state index in [9.17, 15) is 4.79 Å². The van der Waals surface area contributed by atoms with E-state index < -0.39 is 5.97 Å². The highest BCUT2D eigenvalue weighted by molar-refractivity contribution is 5.85. The highest BCUT2D eigenvalue weighted by Gasteiger charge is 2.07. The lowest BCUT2D eigenvalue weighted by Gasteiger charge is -2.16. The minimum Gasteiger partial charge on any atom is -0.478 e. The Morgan fingerprint density at radius 3 is 2.67 bits per heavy atom. The first-order valence-electron chi connectivity index (χ1n) is 6.77. The summed E-state index contributed by atoms with van der Waals surface area (Å²) in [5, 5.41) is 8.74. The number of nitrogens with zero attached hydrogens (tertiary/aromatic N) is 1. The average molecular weight is 285 g/mol. The third-order valence-corrected chi connectivity index (χ3v) is 3.12. The van der Waals surface area contributed by atoms with Crippen molar-refractivity contribution >= 4 is 12.0 Å². The van der Waals surface area contributed by atoms with E-state index in [1.165, 1.54) is 0 Å². The third kappa shape index (κ3) is 4.61. The van der Waals surface area contributed by atoms with Crippen LogP contribution in [0, 0.1) is 6.92 Å². The smallest absolute Gasteiger partial charge is 0.328 e. The maximum atomic E-state index is 10.6. The second-order valence-corrected chi connectivity index (χ2v) is 5.06. The minimum atomic E-state index is -0.941. The van der Waals surface area contributed by atoms with Gasteiger partial charge in [-0.25, -0.2) is 4.79 Å². The number of aryl methyl sites for hydroxylation is 1. The van der Waals surface area contributed by atoms with Gasteiger partial charge in [0.2, 0.25) is 0 Å². The van der Waals surface area contributed by atoms with E-state index in [1.807, 2.05) is 50.4 Å². The molecule has 2 aromatic rings. The Bertz CT molecular complexity index is 643. The second-order valence-electron chi connectivity index (χ2n) is 5.06. The van der Waals surface area contributed by atoms with E-state index in [2.05, 4.69) is 4.90 Å². The molecule has 1 heterocycles. The lowest BCUT2D eigenvalue weighted by Crippen LogP contribution is -2.17. The quantitative estimate of drug-likeness (QED) is 0.827. The van der Waals surface area contributed by atoms with Crippen molar-refractivity contribution in [2.75, 3.05) is 7.05 Å². The van der Waals surface area contributed by atoms with Crippen molar-refractivity contribution in [1.82, 2.24) is 4.90 Å². The summed E-state index contributed by atoms with van der Waals surface area (Å²) in [5.74, 6) is 0.890. The fourth-order valence-electron chi connectivity index (χ4n) is 2.18. The lowest BCUT2D eigenvalue weighted by atomic mass is 10.1. The molecule has 0 bridgehead atoms. The van der Waals surface area contributed by atoms with Crippen molar-refractivity contribution in [3.63, 3.8) is 0 Å². The van der Waals surface area contributed by atoms with Crippen LogP contribution in [0.25, 0.3) is 6.08 Å². The first-order valence-corrected chi connectivity index (χ1v) is 6.77. The molecule has 0 aliphatic carbocycles. The van der Waals surface area contributed by atoms with Crippen molar-refractivity contribution in [2.24, 2.45) is 0 Å². The molecular weight excluding hydrogens is 266 g/mol. The van der Waals surface area contributed by atoms with Gasteiger partial charge in [0.25, 0.3) is 0 Å². The molecule has 0 saturated carbocycles. The number of furan rings is 1. The Kier molecular flexibility index (Phi) is 4.95. The summed E-state index contributed by atoms with van der Waals surface area (Å²) in [4.78, 5) is 12.8. The van der Waals surface area contributed by atoms with Crippen LogP contribution in [-0.2, 0) is 17.9 Å². The molecule has 0 aliphatic heterocycles. The van der Waals surface area contributed by atoms with Crippen LogP contribution in [0.2, 0.25) is 0 Å². The van der Waals surface area contributed by atoms with E-state index in [4.69, 9.17) is 9.52 Å². The zero-order valence-electron chi connectivity index (χ0n) is 12.2. The molecule has 21 heavy (non-hydrogen) atoms. The van der Waals surface area contributed by atoms with E-state index in [-0.39, 0.29) is 0 Å². The molecule has 4 heteroatoms. The van der Waals surface area contributed by atoms with Gasteiger partial charge < -0.3 is 9.52 Å². The summed E-state index contributed by atoms with van der Waals surface area (Å²) in [6, 6.07) is 11.7. The Labute approximate surface area is 124 Å². The highest BCUT2D eigenvalue weighted by Crippen LogP contribution is 2.15. The van der Waals surface area contributed by atoms with Gasteiger partial charge in [-0.15, -0.1) is 0 Å². The van der Waals surface area contributed by atoms with Crippen molar-refractivity contribution in [3.05, 3.63) is 65.1 Å². The fourth-order valence-corrected chi connectivity index (χ4v) is 2.18. The van der Waals surface area contributed by atoms with Gasteiger partial charge in [-0.3, -0.25) is 4.90 Å². The molecule has 0 fully saturated rings. The monoisotopic (exact) mass is 285 g/mol. The molecule has 0 saturated heterocycles. The van der Waals surface area contributed by atoms with Gasteiger partial charge in [0.1, 0.15) is 11.5 Å². The molecule has 1 aromatic heterocycles. The topological polar surface area (TPSA) is 53.7 Å². The summed E-state index contributed by atoms with van der Waals surface area (Å²) in [5.41, 5.74) is 2.00. The SMILES string of the molecule is Cc1ccc(CN(C)Cc2ccccc2C=CC(=O)O)o1. The minimum absolute atomic E-state index is 0.713. The first-order chi connectivity index (χ1) is 10.0. The average Bonchev–Trinajstić information content (AvgIpc) is 2.83. The van der Waals surface area contributed by atoms with Gasteiger partial charge in [0.05, 0.1) is 6.54 Å². The van der Waals surface area contributed by atoms with Crippen molar-refractivity contribution in [2.45, 2.75) is 20.0 Å². The van der Waals surface area contributed by atoms with Gasteiger partial charge in [0, 0.05) is 12.6 Å². The standard InChI is InChI=1S/C17H19NO3/c1-13-7-9-16(21-13)12-18(2)11-15-6-4-3-5-14(15)8-10-17(19)20/h3-10H,11-12H2,1-2H3,(H,19,20). The van der Waals surface area contributed by atoms with Crippen LogP contribution in [0.1, 0.15) is 22.6 Å². The number of benzene rings is 1. The molecule has 0 spiro atoms. The maximum Gasteiger partial charge on any atom is 0.328 e. The van der Waals surface area contributed by atoms with Crippen molar-refractivity contribution in [1.29, 1.82) is 0 Å². The zero-order chi connectivity index (χ0) is 15.2. The summed E-state index contributed by atoms with van der Waals surface area (Å²) >= 11 is 0. The Morgan fingerprint density at radius 1 is 1.24 bits per heavy atom. The molecule has 0 unspecified atom stereocenters. The van der Waals surface area contributed by atoms with Crippen molar-refractivity contribution < 1.29 is 14.3 Å². The van der Waals surface area contributed by atoms with Gasteiger partial charge >= 0.3 is 5.97 Å². The van der Waals surface area contributed by atoms with Gasteiger partial charge in [-0.1, -0.05) is 24.3 Å². The van der Waals surface area contributed by atoms with Crippen LogP contribution in [0.4, 0.5) is 0 Å². The van der Waals surface area contributed by atoms with E-state index in [1.54, 1.807) is 6.08 Å². The molecule has 1 N–H and O–H groups in total. The van der Waals surface area contributed by atoms with E-state index >= 15 is 0 Å². The summed E-state index contributed by atoms with van der Waals surface area (Å²) in [6.07, 6.45) is 2.79. The second kappa shape index (κ2) is 6.90. The summed E-state index contributed by atoms with van der Waals surface area (Å²) in [7, 11) is 2.01. The lowest BCUT2D eigenvalue weighted by molar-refractivity contribution is -0.131. The molecule has 110 valence electrons. The molecule has 4 nitrogen and oxygen atoms in total. The summed E-state index contributed by atoms with van der Waals surface area (Å²) in [6.45, 7) is 3.36. The van der Waals surface area contributed by atoms with Crippen LogP contribution in [0.15, 0.2) is 46.9 Å². The highest BCUT2D eigenvalue weighted by atomic mass is 16.4. The Balaban J connectivity index is 2.06. The first kappa shape index (κ1) is 15.1. The predicted molar refractivity (Wildman–Crippen MR) is 81.7 cm³/mol. The predicted octanol–water partition coefficient (Wildman–Crippen LogP) is 3.32. The number of aliphatic carboxylic acids is 1.